The number of carbonyl (C=O) groups is 3. The zero-order valence-corrected chi connectivity index (χ0v) is 21.2. The maximum atomic E-state index is 13.3. The van der Waals surface area contributed by atoms with Crippen molar-refractivity contribution >= 4 is 56.8 Å². The zero-order chi connectivity index (χ0) is 23.3. The minimum Gasteiger partial charge on any atom is -0.481 e. The summed E-state index contributed by atoms with van der Waals surface area (Å²) in [7, 11) is 0. The summed E-state index contributed by atoms with van der Waals surface area (Å²) in [6.45, 7) is 4.45. The second-order valence-electron chi connectivity index (χ2n) is 10.5. The van der Waals surface area contributed by atoms with E-state index >= 15 is 0 Å². The Morgan fingerprint density at radius 1 is 1.06 bits per heavy atom. The van der Waals surface area contributed by atoms with Crippen LogP contribution in [0, 0.1) is 28.6 Å². The van der Waals surface area contributed by atoms with Gasteiger partial charge in [0.25, 0.3) is 0 Å². The van der Waals surface area contributed by atoms with Crippen molar-refractivity contribution in [2.24, 2.45) is 28.6 Å². The number of rotatable bonds is 5. The second-order valence-corrected chi connectivity index (χ2v) is 13.6. The lowest BCUT2D eigenvalue weighted by atomic mass is 9.46. The average molecular weight is 497 g/mol. The molecule has 2 N–H and O–H groups in total. The molecule has 0 aromatic heterocycles. The summed E-state index contributed by atoms with van der Waals surface area (Å²) in [6, 6.07) is 0. The van der Waals surface area contributed by atoms with E-state index in [0.29, 0.717) is 34.1 Å². The summed E-state index contributed by atoms with van der Waals surface area (Å²) in [5.74, 6) is 0.423. The number of hydrogen-bond acceptors (Lipinski definition) is 7. The lowest BCUT2D eigenvalue weighted by Gasteiger charge is -2.58. The van der Waals surface area contributed by atoms with E-state index in [1.54, 1.807) is 0 Å². The summed E-state index contributed by atoms with van der Waals surface area (Å²) in [5, 5.41) is 20.5. The highest BCUT2D eigenvalue weighted by atomic mass is 32.2. The van der Waals surface area contributed by atoms with Gasteiger partial charge in [0.15, 0.2) is 11.6 Å². The molecule has 0 bridgehead atoms. The smallest absolute Gasteiger partial charge is 0.313 e. The van der Waals surface area contributed by atoms with E-state index in [1.165, 1.54) is 17.3 Å². The molecule has 0 spiro atoms. The molecule has 0 aromatic rings. The van der Waals surface area contributed by atoms with Crippen LogP contribution in [-0.4, -0.2) is 48.4 Å². The molecule has 0 radical (unpaired) electrons. The zero-order valence-electron chi connectivity index (χ0n) is 18.7. The number of carboxylic acids is 1. The van der Waals surface area contributed by atoms with Gasteiger partial charge in [0.2, 0.25) is 0 Å². The summed E-state index contributed by atoms with van der Waals surface area (Å²) in [4.78, 5) is 36.0. The van der Waals surface area contributed by atoms with Crippen LogP contribution in [-0.2, 0) is 14.4 Å². The molecule has 0 heterocycles. The van der Waals surface area contributed by atoms with Crippen LogP contribution >= 0.6 is 35.7 Å². The molecule has 32 heavy (non-hydrogen) atoms. The summed E-state index contributed by atoms with van der Waals surface area (Å²) in [5.41, 5.74) is -0.384. The molecule has 3 saturated carbocycles. The molecule has 4 aliphatic rings. The first kappa shape index (κ1) is 24.4. The Morgan fingerprint density at radius 2 is 1.75 bits per heavy atom. The topological polar surface area (TPSA) is 91.7 Å². The first-order chi connectivity index (χ1) is 15.0. The number of Topliss-reactive ketones (excluding diaryl/α,β-unsaturated/α-hetero) is 1. The van der Waals surface area contributed by atoms with Crippen molar-refractivity contribution in [1.82, 2.24) is 0 Å². The van der Waals surface area contributed by atoms with E-state index in [-0.39, 0.29) is 28.5 Å². The normalized spacial score (nSPS) is 40.7. The van der Waals surface area contributed by atoms with Crippen LogP contribution in [0.5, 0.6) is 0 Å². The molecule has 0 aliphatic heterocycles. The van der Waals surface area contributed by atoms with Crippen molar-refractivity contribution in [3.8, 4) is 0 Å². The van der Waals surface area contributed by atoms with Crippen LogP contribution in [0.3, 0.4) is 0 Å². The lowest BCUT2D eigenvalue weighted by Crippen LogP contribution is -2.58. The Balaban J connectivity index is 1.48. The molecule has 0 unspecified atom stereocenters. The fourth-order valence-electron chi connectivity index (χ4n) is 7.44. The van der Waals surface area contributed by atoms with E-state index < -0.39 is 17.0 Å². The fraction of sp³-hybridized carbons (Fsp3) is 0.750. The van der Waals surface area contributed by atoms with Gasteiger partial charge in [-0.3, -0.25) is 14.4 Å². The monoisotopic (exact) mass is 496 g/mol. The Labute approximate surface area is 203 Å². The molecule has 176 valence electrons. The van der Waals surface area contributed by atoms with E-state index in [2.05, 4.69) is 13.8 Å². The predicted molar refractivity (Wildman–Crippen MR) is 132 cm³/mol. The van der Waals surface area contributed by atoms with Gasteiger partial charge in [-0.25, -0.2) is 0 Å². The van der Waals surface area contributed by atoms with Crippen molar-refractivity contribution in [1.29, 1.82) is 0 Å². The molecule has 4 aliphatic carbocycles. The first-order valence-electron chi connectivity index (χ1n) is 11.5. The summed E-state index contributed by atoms with van der Waals surface area (Å²) in [6.07, 6.45) is 8.60. The number of thioether (sulfide) groups is 2. The van der Waals surface area contributed by atoms with E-state index in [4.69, 9.17) is 17.3 Å². The summed E-state index contributed by atoms with van der Waals surface area (Å²) >= 11 is 7.41. The van der Waals surface area contributed by atoms with Gasteiger partial charge in [-0.2, -0.15) is 0 Å². The molecule has 3 fully saturated rings. The van der Waals surface area contributed by atoms with Crippen LogP contribution in [0.4, 0.5) is 0 Å². The third-order valence-electron chi connectivity index (χ3n) is 9.21. The van der Waals surface area contributed by atoms with Gasteiger partial charge in [0.05, 0.1) is 11.5 Å². The van der Waals surface area contributed by atoms with Crippen molar-refractivity contribution in [3.05, 3.63) is 11.6 Å². The van der Waals surface area contributed by atoms with Crippen LogP contribution < -0.4 is 0 Å². The summed E-state index contributed by atoms with van der Waals surface area (Å²) < 4.78 is 0.430. The molecule has 0 saturated heterocycles. The van der Waals surface area contributed by atoms with Crippen molar-refractivity contribution in [3.63, 3.8) is 0 Å². The van der Waals surface area contributed by atoms with Crippen molar-refractivity contribution in [2.45, 2.75) is 70.8 Å². The largest absolute Gasteiger partial charge is 0.481 e. The van der Waals surface area contributed by atoms with Gasteiger partial charge >= 0.3 is 5.97 Å². The third-order valence-corrected chi connectivity index (χ3v) is 11.9. The number of aliphatic hydroxyl groups is 1. The van der Waals surface area contributed by atoms with E-state index in [0.717, 1.165) is 50.3 Å². The lowest BCUT2D eigenvalue weighted by molar-refractivity contribution is -0.159. The molecule has 8 heteroatoms. The van der Waals surface area contributed by atoms with E-state index in [9.17, 15) is 19.5 Å². The number of hydrogen-bond donors (Lipinski definition) is 2. The van der Waals surface area contributed by atoms with Crippen molar-refractivity contribution < 1.29 is 24.6 Å². The number of fused-ring (bicyclic) bond motifs is 5. The number of carbonyl (C=O) groups excluding carboxylic acids is 2. The highest BCUT2D eigenvalue weighted by Crippen LogP contribution is 2.67. The number of thiocarbonyl (C=S) groups is 1. The standard InChI is InChI=1S/C24H32O5S3/c1-22-8-5-15(25)11-14(22)3-4-16-17(22)6-9-23(2)18(16)7-10-24(23,29)19(26)12-31-21(30)32-13-20(27)28/h11,16-18,29H,3-10,12-13H2,1-2H3,(H,27,28)/t16-,17-,18-,22+,23+,24+/m1/s1. The van der Waals surface area contributed by atoms with Crippen LogP contribution in [0.25, 0.3) is 0 Å². The number of allylic oxidation sites excluding steroid dienone is 1. The predicted octanol–water partition coefficient (Wildman–Crippen LogP) is 4.65. The Hall–Kier alpha value is -0.700. The number of aliphatic carboxylic acids is 1. The van der Waals surface area contributed by atoms with Gasteiger partial charge in [0, 0.05) is 11.8 Å². The molecule has 0 amide bonds. The van der Waals surface area contributed by atoms with Crippen LogP contribution in [0.1, 0.15) is 65.2 Å². The van der Waals surface area contributed by atoms with Gasteiger partial charge < -0.3 is 10.2 Å². The molecule has 0 aromatic carbocycles. The van der Waals surface area contributed by atoms with E-state index in [1.807, 2.05) is 6.08 Å². The average Bonchev–Trinajstić information content (AvgIpc) is 3.03. The molecular weight excluding hydrogens is 464 g/mol. The van der Waals surface area contributed by atoms with Gasteiger partial charge in [-0.05, 0) is 74.2 Å². The van der Waals surface area contributed by atoms with Crippen LogP contribution in [0.2, 0.25) is 0 Å². The first-order valence-corrected chi connectivity index (χ1v) is 13.9. The Kier molecular flexibility index (Phi) is 6.73. The molecule has 6 atom stereocenters. The SMILES string of the molecule is C[C@]12CCC(=O)C=C1CC[C@@H]1[C@H]2CC[C@@]2(C)[C@@H]1CC[C@]2(O)C(=O)CSC(=S)SCC(=O)O. The Bertz CT molecular complexity index is 885. The molecule has 4 rings (SSSR count). The maximum Gasteiger partial charge on any atom is 0.313 e. The number of ketones is 2. The van der Waals surface area contributed by atoms with Crippen LogP contribution in [0.15, 0.2) is 11.6 Å². The fourth-order valence-corrected chi connectivity index (χ4v) is 9.21. The molecule has 5 nitrogen and oxygen atoms in total. The maximum absolute atomic E-state index is 13.3. The van der Waals surface area contributed by atoms with Crippen molar-refractivity contribution in [2.75, 3.05) is 11.5 Å². The van der Waals surface area contributed by atoms with Gasteiger partial charge in [-0.15, -0.1) is 0 Å². The molecular formula is C24H32O5S3. The highest BCUT2D eigenvalue weighted by molar-refractivity contribution is 8.47. The minimum atomic E-state index is -1.34. The van der Waals surface area contributed by atoms with Gasteiger partial charge in [0.1, 0.15) is 9.13 Å². The quantitative estimate of drug-likeness (QED) is 0.531. The Morgan fingerprint density at radius 3 is 2.47 bits per heavy atom. The number of carboxylic acid groups (broad SMARTS) is 1. The minimum absolute atomic E-state index is 0.0757. The second kappa shape index (κ2) is 8.82. The third kappa shape index (κ3) is 3.93. The van der Waals surface area contributed by atoms with Gasteiger partial charge in [-0.1, -0.05) is 55.2 Å². The highest BCUT2D eigenvalue weighted by Gasteiger charge is 2.66.